The number of aryl methyl sites for hydroxylation is 2. The quantitative estimate of drug-likeness (QED) is 0.572. The predicted octanol–water partition coefficient (Wildman–Crippen LogP) is 4.26. The normalized spacial score (nSPS) is 15.8. The van der Waals surface area contributed by atoms with E-state index in [4.69, 9.17) is 0 Å². The number of carbonyl (C=O) groups excluding carboxylic acids is 3. The van der Waals surface area contributed by atoms with Crippen LogP contribution in [0.25, 0.3) is 0 Å². The monoisotopic (exact) mass is 464 g/mol. The highest BCUT2D eigenvalue weighted by atomic mass is 16.2. The Morgan fingerprint density at radius 3 is 2.03 bits per heavy atom. The number of benzene rings is 2. The Bertz CT molecular complexity index is 980. The number of nitrogens with one attached hydrogen (secondary N) is 3. The molecule has 3 N–H and O–H groups in total. The molecule has 0 bridgehead atoms. The van der Waals surface area contributed by atoms with Gasteiger partial charge in [0, 0.05) is 30.4 Å². The van der Waals surface area contributed by atoms with E-state index in [1.54, 1.807) is 17.0 Å². The highest BCUT2D eigenvalue weighted by Gasteiger charge is 2.34. The molecule has 2 aromatic carbocycles. The molecule has 0 spiro atoms. The first-order chi connectivity index (χ1) is 16.3. The average Bonchev–Trinajstić information content (AvgIpc) is 2.84. The molecule has 0 aromatic heterocycles. The van der Waals surface area contributed by atoms with Crippen molar-refractivity contribution in [3.05, 3.63) is 65.2 Å². The van der Waals surface area contributed by atoms with E-state index in [1.807, 2.05) is 64.1 Å². The van der Waals surface area contributed by atoms with Gasteiger partial charge in [0.15, 0.2) is 0 Å². The van der Waals surface area contributed by atoms with E-state index in [-0.39, 0.29) is 29.8 Å². The molecule has 1 heterocycles. The molecule has 0 radical (unpaired) electrons. The van der Waals surface area contributed by atoms with Crippen molar-refractivity contribution in [2.75, 3.05) is 18.4 Å². The highest BCUT2D eigenvalue weighted by molar-refractivity contribution is 5.97. The first-order valence-corrected chi connectivity index (χ1v) is 12.1. The number of hydrogen-bond donors (Lipinski definition) is 3. The molecule has 182 valence electrons. The Morgan fingerprint density at radius 1 is 0.912 bits per heavy atom. The van der Waals surface area contributed by atoms with Gasteiger partial charge in [-0.05, 0) is 70.2 Å². The summed E-state index contributed by atoms with van der Waals surface area (Å²) in [6.07, 6.45) is 2.07. The zero-order chi connectivity index (χ0) is 24.7. The molecule has 3 rings (SSSR count). The Balaban J connectivity index is 1.64. The van der Waals surface area contributed by atoms with Crippen LogP contribution in [-0.4, -0.2) is 47.9 Å². The van der Waals surface area contributed by atoms with E-state index in [0.29, 0.717) is 31.5 Å². The average molecular weight is 465 g/mol. The summed E-state index contributed by atoms with van der Waals surface area (Å²) in [5, 5.41) is 8.92. The lowest BCUT2D eigenvalue weighted by atomic mass is 9.88. The van der Waals surface area contributed by atoms with Crippen molar-refractivity contribution in [1.29, 1.82) is 0 Å². The third-order valence-corrected chi connectivity index (χ3v) is 6.48. The van der Waals surface area contributed by atoms with Crippen LogP contribution in [0.2, 0.25) is 0 Å². The number of hydrogen-bond acceptors (Lipinski definition) is 3. The van der Waals surface area contributed by atoms with Gasteiger partial charge in [0.1, 0.15) is 6.04 Å². The third kappa shape index (κ3) is 6.83. The van der Waals surface area contributed by atoms with E-state index >= 15 is 0 Å². The lowest BCUT2D eigenvalue weighted by Crippen LogP contribution is -2.55. The summed E-state index contributed by atoms with van der Waals surface area (Å²) in [5.74, 6) is -0.483. The van der Waals surface area contributed by atoms with Gasteiger partial charge in [-0.15, -0.1) is 0 Å². The summed E-state index contributed by atoms with van der Waals surface area (Å²) in [6.45, 7) is 8.98. The summed E-state index contributed by atoms with van der Waals surface area (Å²) < 4.78 is 0. The van der Waals surface area contributed by atoms with E-state index < -0.39 is 6.04 Å². The number of urea groups is 1. The molecular weight excluding hydrogens is 428 g/mol. The maximum atomic E-state index is 13.1. The van der Waals surface area contributed by atoms with Gasteiger partial charge in [-0.25, -0.2) is 4.79 Å². The second-order valence-electron chi connectivity index (χ2n) is 9.26. The summed E-state index contributed by atoms with van der Waals surface area (Å²) in [7, 11) is 0. The summed E-state index contributed by atoms with van der Waals surface area (Å²) >= 11 is 0. The van der Waals surface area contributed by atoms with Gasteiger partial charge in [0.25, 0.3) is 5.91 Å². The molecule has 0 aliphatic carbocycles. The number of likely N-dealkylation sites (tertiary alicyclic amines) is 1. The summed E-state index contributed by atoms with van der Waals surface area (Å²) in [4.78, 5) is 40.5. The first kappa shape index (κ1) is 25.3. The summed E-state index contributed by atoms with van der Waals surface area (Å²) in [6, 6.07) is 14.2. The van der Waals surface area contributed by atoms with Crippen molar-refractivity contribution in [2.24, 2.45) is 5.92 Å². The minimum atomic E-state index is -0.648. The summed E-state index contributed by atoms with van der Waals surface area (Å²) in [5.41, 5.74) is 3.49. The molecule has 1 fully saturated rings. The number of carbonyl (C=O) groups is 3. The van der Waals surface area contributed by atoms with Crippen LogP contribution < -0.4 is 16.0 Å². The minimum absolute atomic E-state index is 0.0200. The van der Waals surface area contributed by atoms with Gasteiger partial charge in [-0.1, -0.05) is 42.3 Å². The molecule has 7 nitrogen and oxygen atoms in total. The maximum Gasteiger partial charge on any atom is 0.321 e. The third-order valence-electron chi connectivity index (χ3n) is 6.48. The Labute approximate surface area is 202 Å². The largest absolute Gasteiger partial charge is 0.352 e. The SMILES string of the molecule is CCC(C)NC(=O)C(NC(=O)c1ccc(C)cc1)C1CCN(C(=O)Nc2ccc(C)cc2)CC1. The fourth-order valence-corrected chi connectivity index (χ4v) is 4.04. The fraction of sp³-hybridized carbons (Fsp3) is 0.444. The van der Waals surface area contributed by atoms with Gasteiger partial charge in [0.05, 0.1) is 0 Å². The Kier molecular flexibility index (Phi) is 8.68. The molecule has 2 unspecified atom stereocenters. The van der Waals surface area contributed by atoms with Crippen molar-refractivity contribution >= 4 is 23.5 Å². The molecule has 2 atom stereocenters. The molecule has 1 saturated heterocycles. The number of anilines is 1. The van der Waals surface area contributed by atoms with Gasteiger partial charge < -0.3 is 20.9 Å². The fourth-order valence-electron chi connectivity index (χ4n) is 4.04. The van der Waals surface area contributed by atoms with Crippen molar-refractivity contribution in [2.45, 2.75) is 59.0 Å². The lowest BCUT2D eigenvalue weighted by Gasteiger charge is -2.36. The maximum absolute atomic E-state index is 13.1. The molecule has 34 heavy (non-hydrogen) atoms. The van der Waals surface area contributed by atoms with Gasteiger partial charge in [-0.3, -0.25) is 9.59 Å². The van der Waals surface area contributed by atoms with Crippen molar-refractivity contribution < 1.29 is 14.4 Å². The van der Waals surface area contributed by atoms with Gasteiger partial charge >= 0.3 is 6.03 Å². The van der Waals surface area contributed by atoms with E-state index in [1.165, 1.54) is 0 Å². The number of rotatable bonds is 7. The van der Waals surface area contributed by atoms with Crippen molar-refractivity contribution in [3.63, 3.8) is 0 Å². The zero-order valence-electron chi connectivity index (χ0n) is 20.6. The van der Waals surface area contributed by atoms with Crippen molar-refractivity contribution in [1.82, 2.24) is 15.5 Å². The molecular formula is C27H36N4O3. The molecule has 1 aliphatic rings. The second kappa shape index (κ2) is 11.7. The number of amides is 4. The first-order valence-electron chi connectivity index (χ1n) is 12.1. The number of piperidine rings is 1. The minimum Gasteiger partial charge on any atom is -0.352 e. The van der Waals surface area contributed by atoms with Crippen LogP contribution in [0, 0.1) is 19.8 Å². The van der Waals surface area contributed by atoms with Crippen LogP contribution in [-0.2, 0) is 4.79 Å². The molecule has 0 saturated carbocycles. The topological polar surface area (TPSA) is 90.5 Å². The molecule has 7 heteroatoms. The van der Waals surface area contributed by atoms with Crippen LogP contribution in [0.15, 0.2) is 48.5 Å². The smallest absolute Gasteiger partial charge is 0.321 e. The van der Waals surface area contributed by atoms with E-state index in [0.717, 1.165) is 23.2 Å². The second-order valence-corrected chi connectivity index (χ2v) is 9.26. The highest BCUT2D eigenvalue weighted by Crippen LogP contribution is 2.23. The van der Waals surface area contributed by atoms with Gasteiger partial charge in [0.2, 0.25) is 5.91 Å². The Morgan fingerprint density at radius 2 is 1.47 bits per heavy atom. The van der Waals surface area contributed by atoms with Crippen LogP contribution in [0.4, 0.5) is 10.5 Å². The van der Waals surface area contributed by atoms with Gasteiger partial charge in [-0.2, -0.15) is 0 Å². The lowest BCUT2D eigenvalue weighted by molar-refractivity contribution is -0.125. The molecule has 4 amide bonds. The standard InChI is InChI=1S/C27H36N4O3/c1-5-20(4)28-26(33)24(30-25(32)22-10-6-18(2)7-11-22)21-14-16-31(17-15-21)27(34)29-23-12-8-19(3)9-13-23/h6-13,20-21,24H,5,14-17H2,1-4H3,(H,28,33)(H,29,34)(H,30,32). The van der Waals surface area contributed by atoms with Crippen LogP contribution in [0.3, 0.4) is 0 Å². The van der Waals surface area contributed by atoms with E-state index in [2.05, 4.69) is 16.0 Å². The van der Waals surface area contributed by atoms with Crippen LogP contribution >= 0.6 is 0 Å². The van der Waals surface area contributed by atoms with Crippen molar-refractivity contribution in [3.8, 4) is 0 Å². The number of nitrogens with zero attached hydrogens (tertiary/aromatic N) is 1. The zero-order valence-corrected chi connectivity index (χ0v) is 20.6. The van der Waals surface area contributed by atoms with Crippen LogP contribution in [0.5, 0.6) is 0 Å². The molecule has 1 aliphatic heterocycles. The predicted molar refractivity (Wildman–Crippen MR) is 135 cm³/mol. The Hall–Kier alpha value is -3.35. The van der Waals surface area contributed by atoms with E-state index in [9.17, 15) is 14.4 Å². The molecule has 2 aromatic rings. The van der Waals surface area contributed by atoms with Crippen LogP contribution in [0.1, 0.15) is 54.6 Å².